The van der Waals surface area contributed by atoms with Crippen molar-refractivity contribution in [3.8, 4) is 5.75 Å². The summed E-state index contributed by atoms with van der Waals surface area (Å²) in [5, 5.41) is 1.13. The molecule has 138 valence electrons. The number of methoxy groups -OCH3 is 2. The van der Waals surface area contributed by atoms with Crippen LogP contribution in [0.2, 0.25) is 0 Å². The van der Waals surface area contributed by atoms with E-state index in [2.05, 4.69) is 36.6 Å². The van der Waals surface area contributed by atoms with Gasteiger partial charge in [-0.1, -0.05) is 6.08 Å². The lowest BCUT2D eigenvalue weighted by molar-refractivity contribution is -0.0601. The van der Waals surface area contributed by atoms with Gasteiger partial charge in [0.2, 0.25) is 0 Å². The van der Waals surface area contributed by atoms with Crippen molar-refractivity contribution in [2.24, 2.45) is 11.8 Å². The number of piperidine rings is 3. The van der Waals surface area contributed by atoms with Gasteiger partial charge in [-0.15, -0.1) is 6.58 Å². The maximum absolute atomic E-state index is 6.10. The van der Waals surface area contributed by atoms with E-state index in [1.807, 2.05) is 19.2 Å². The van der Waals surface area contributed by atoms with Gasteiger partial charge in [-0.05, 0) is 68.0 Å². The first kappa shape index (κ1) is 17.5. The molecule has 4 heteroatoms. The second kappa shape index (κ2) is 7.01. The van der Waals surface area contributed by atoms with Crippen LogP contribution in [-0.4, -0.2) is 43.2 Å². The Morgan fingerprint density at radius 1 is 1.31 bits per heavy atom. The molecular weight excluding hydrogens is 324 g/mol. The number of hydrogen-bond acceptors (Lipinski definition) is 4. The standard InChI is InChI=1S/C22H28N2O2/c1-5-15-13-24-9-8-16(15)11-21(24)22(26-4)19-10-14(2)23-20-7-6-17(25-3)12-18(19)20/h5-7,10,12,15-16,21-22H,1,8-9,11,13H2,2-4H3/t15?,16?,21?,22-/m0/s1. The lowest BCUT2D eigenvalue weighted by Gasteiger charge is -2.51. The Labute approximate surface area is 155 Å². The molecule has 3 aliphatic rings. The molecular formula is C22H28N2O2. The molecule has 0 spiro atoms. The molecule has 3 aliphatic heterocycles. The largest absolute Gasteiger partial charge is 0.497 e. The fourth-order valence-electron chi connectivity index (χ4n) is 4.91. The van der Waals surface area contributed by atoms with E-state index in [1.165, 1.54) is 18.4 Å². The van der Waals surface area contributed by atoms with Crippen molar-refractivity contribution in [2.45, 2.75) is 31.9 Å². The van der Waals surface area contributed by atoms with E-state index in [0.717, 1.165) is 41.4 Å². The molecule has 5 rings (SSSR count). The third-order valence-corrected chi connectivity index (χ3v) is 6.24. The molecule has 1 aromatic carbocycles. The molecule has 26 heavy (non-hydrogen) atoms. The van der Waals surface area contributed by atoms with Crippen molar-refractivity contribution in [1.29, 1.82) is 0 Å². The molecule has 3 saturated heterocycles. The predicted octanol–water partition coefficient (Wildman–Crippen LogP) is 4.14. The molecule has 4 heterocycles. The fraction of sp³-hybridized carbons (Fsp3) is 0.500. The maximum Gasteiger partial charge on any atom is 0.119 e. The Kier molecular flexibility index (Phi) is 4.72. The Morgan fingerprint density at radius 3 is 2.81 bits per heavy atom. The smallest absolute Gasteiger partial charge is 0.119 e. The minimum Gasteiger partial charge on any atom is -0.497 e. The molecule has 5 atom stereocenters. The topological polar surface area (TPSA) is 34.6 Å². The van der Waals surface area contributed by atoms with Crippen molar-refractivity contribution < 1.29 is 9.47 Å². The average molecular weight is 352 g/mol. The summed E-state index contributed by atoms with van der Waals surface area (Å²) in [4.78, 5) is 7.31. The van der Waals surface area contributed by atoms with E-state index in [4.69, 9.17) is 14.5 Å². The molecule has 0 saturated carbocycles. The van der Waals surface area contributed by atoms with Crippen molar-refractivity contribution in [3.63, 3.8) is 0 Å². The van der Waals surface area contributed by atoms with Gasteiger partial charge >= 0.3 is 0 Å². The number of pyridine rings is 1. The number of benzene rings is 1. The van der Waals surface area contributed by atoms with Gasteiger partial charge in [0.1, 0.15) is 5.75 Å². The quantitative estimate of drug-likeness (QED) is 0.758. The zero-order chi connectivity index (χ0) is 18.3. The van der Waals surface area contributed by atoms with Crippen LogP contribution in [0, 0.1) is 18.8 Å². The van der Waals surface area contributed by atoms with Gasteiger partial charge in [-0.2, -0.15) is 0 Å². The van der Waals surface area contributed by atoms with Crippen LogP contribution in [0.5, 0.6) is 5.75 Å². The monoisotopic (exact) mass is 352 g/mol. The number of fused-ring (bicyclic) bond motifs is 4. The molecule has 2 aromatic rings. The zero-order valence-electron chi connectivity index (χ0n) is 15.9. The molecule has 0 amide bonds. The van der Waals surface area contributed by atoms with Gasteiger partial charge in [0, 0.05) is 30.8 Å². The second-order valence-corrected chi connectivity index (χ2v) is 7.64. The first-order valence-corrected chi connectivity index (χ1v) is 9.49. The highest BCUT2D eigenvalue weighted by molar-refractivity contribution is 5.84. The number of hydrogen-bond donors (Lipinski definition) is 0. The van der Waals surface area contributed by atoms with E-state index in [-0.39, 0.29) is 6.10 Å². The number of ether oxygens (including phenoxy) is 2. The van der Waals surface area contributed by atoms with Crippen LogP contribution >= 0.6 is 0 Å². The van der Waals surface area contributed by atoms with Crippen LogP contribution in [0.3, 0.4) is 0 Å². The van der Waals surface area contributed by atoms with Crippen LogP contribution in [-0.2, 0) is 4.74 Å². The highest BCUT2D eigenvalue weighted by Gasteiger charge is 2.43. The van der Waals surface area contributed by atoms with Crippen molar-refractivity contribution in [1.82, 2.24) is 9.88 Å². The third-order valence-electron chi connectivity index (χ3n) is 6.24. The van der Waals surface area contributed by atoms with Gasteiger partial charge in [-0.3, -0.25) is 9.88 Å². The van der Waals surface area contributed by atoms with Crippen LogP contribution in [0.4, 0.5) is 0 Å². The Morgan fingerprint density at radius 2 is 2.15 bits per heavy atom. The Balaban J connectivity index is 1.76. The second-order valence-electron chi connectivity index (χ2n) is 7.64. The van der Waals surface area contributed by atoms with Crippen LogP contribution < -0.4 is 4.74 Å². The summed E-state index contributed by atoms with van der Waals surface area (Å²) in [6.07, 6.45) is 4.63. The van der Waals surface area contributed by atoms with E-state index in [0.29, 0.717) is 12.0 Å². The highest BCUT2D eigenvalue weighted by atomic mass is 16.5. The summed E-state index contributed by atoms with van der Waals surface area (Å²) in [5.41, 5.74) is 3.25. The summed E-state index contributed by atoms with van der Waals surface area (Å²) in [6, 6.07) is 8.70. The van der Waals surface area contributed by atoms with E-state index >= 15 is 0 Å². The van der Waals surface area contributed by atoms with Gasteiger partial charge in [0.05, 0.1) is 18.7 Å². The van der Waals surface area contributed by atoms with Crippen LogP contribution in [0.1, 0.15) is 30.2 Å². The third kappa shape index (κ3) is 2.91. The molecule has 3 fully saturated rings. The van der Waals surface area contributed by atoms with Crippen LogP contribution in [0.15, 0.2) is 36.9 Å². The molecule has 0 aliphatic carbocycles. The van der Waals surface area contributed by atoms with E-state index in [1.54, 1.807) is 7.11 Å². The maximum atomic E-state index is 6.10. The van der Waals surface area contributed by atoms with Gasteiger partial charge < -0.3 is 9.47 Å². The molecule has 4 nitrogen and oxygen atoms in total. The minimum atomic E-state index is 0.0415. The zero-order valence-corrected chi connectivity index (χ0v) is 15.9. The number of aromatic nitrogens is 1. The lowest BCUT2D eigenvalue weighted by Crippen LogP contribution is -2.55. The Hall–Kier alpha value is -1.91. The Bertz CT molecular complexity index is 819. The van der Waals surface area contributed by atoms with Crippen molar-refractivity contribution >= 4 is 10.9 Å². The SMILES string of the molecule is C=CC1CN2CCC1CC2[C@@H](OC)c1cc(C)nc2ccc(OC)cc12. The van der Waals surface area contributed by atoms with Crippen molar-refractivity contribution in [3.05, 3.63) is 48.2 Å². The molecule has 0 N–H and O–H groups in total. The summed E-state index contributed by atoms with van der Waals surface area (Å²) in [6.45, 7) is 8.36. The number of rotatable bonds is 5. The van der Waals surface area contributed by atoms with Gasteiger partial charge in [0.25, 0.3) is 0 Å². The summed E-state index contributed by atoms with van der Waals surface area (Å²) in [5.74, 6) is 2.20. The van der Waals surface area contributed by atoms with Gasteiger partial charge in [0.15, 0.2) is 0 Å². The highest BCUT2D eigenvalue weighted by Crippen LogP contribution is 2.43. The number of nitrogens with zero attached hydrogens (tertiary/aromatic N) is 2. The van der Waals surface area contributed by atoms with E-state index in [9.17, 15) is 0 Å². The molecule has 1 aromatic heterocycles. The van der Waals surface area contributed by atoms with E-state index < -0.39 is 0 Å². The lowest BCUT2D eigenvalue weighted by atomic mass is 9.73. The summed E-state index contributed by atoms with van der Waals surface area (Å²) >= 11 is 0. The van der Waals surface area contributed by atoms with Crippen LogP contribution in [0.25, 0.3) is 10.9 Å². The number of aryl methyl sites for hydroxylation is 1. The summed E-state index contributed by atoms with van der Waals surface area (Å²) < 4.78 is 11.6. The molecule has 0 radical (unpaired) electrons. The minimum absolute atomic E-state index is 0.0415. The molecule has 2 bridgehead atoms. The fourth-order valence-corrected chi connectivity index (χ4v) is 4.91. The summed E-state index contributed by atoms with van der Waals surface area (Å²) in [7, 11) is 3.54. The average Bonchev–Trinajstić information content (AvgIpc) is 2.68. The van der Waals surface area contributed by atoms with Crippen molar-refractivity contribution in [2.75, 3.05) is 27.3 Å². The van der Waals surface area contributed by atoms with Gasteiger partial charge in [-0.25, -0.2) is 0 Å². The molecule has 4 unspecified atom stereocenters. The predicted molar refractivity (Wildman–Crippen MR) is 105 cm³/mol. The normalized spacial score (nSPS) is 28.9. The first-order valence-electron chi connectivity index (χ1n) is 9.49. The first-order chi connectivity index (χ1) is 12.6.